The molecule has 0 aliphatic carbocycles. The predicted molar refractivity (Wildman–Crippen MR) is 57.5 cm³/mol. The van der Waals surface area contributed by atoms with Gasteiger partial charge in [0.2, 0.25) is 0 Å². The summed E-state index contributed by atoms with van der Waals surface area (Å²) in [5.74, 6) is -1.02. The third-order valence-corrected chi connectivity index (χ3v) is 2.16. The zero-order valence-corrected chi connectivity index (χ0v) is 9.03. The van der Waals surface area contributed by atoms with E-state index in [2.05, 4.69) is 14.7 Å². The fourth-order valence-electron chi connectivity index (χ4n) is 1.36. The van der Waals surface area contributed by atoms with Crippen molar-refractivity contribution in [1.82, 2.24) is 14.5 Å². The van der Waals surface area contributed by atoms with Crippen molar-refractivity contribution in [3.63, 3.8) is 0 Å². The number of aromatic nitrogens is 3. The van der Waals surface area contributed by atoms with E-state index in [0.717, 1.165) is 0 Å². The van der Waals surface area contributed by atoms with E-state index in [0.29, 0.717) is 0 Å². The number of pyridine rings is 1. The maximum Gasteiger partial charge on any atom is 0.357 e. The Balaban J connectivity index is 2.45. The molecule has 0 unspecified atom stereocenters. The molecule has 0 saturated heterocycles. The van der Waals surface area contributed by atoms with Gasteiger partial charge in [-0.1, -0.05) is 0 Å². The van der Waals surface area contributed by atoms with Crippen LogP contribution in [0.1, 0.15) is 20.8 Å². The van der Waals surface area contributed by atoms with Crippen LogP contribution < -0.4 is 0 Å². The Morgan fingerprint density at radius 3 is 2.82 bits per heavy atom. The van der Waals surface area contributed by atoms with E-state index in [-0.39, 0.29) is 17.2 Å². The molecule has 6 heteroatoms. The van der Waals surface area contributed by atoms with Crippen molar-refractivity contribution in [3.8, 4) is 0 Å². The Hall–Kier alpha value is -2.50. The Morgan fingerprint density at radius 1 is 1.35 bits per heavy atom. The maximum atomic E-state index is 12.0. The van der Waals surface area contributed by atoms with Gasteiger partial charge in [-0.2, -0.15) is 0 Å². The van der Waals surface area contributed by atoms with E-state index in [1.165, 1.54) is 42.7 Å². The van der Waals surface area contributed by atoms with Gasteiger partial charge in [-0.25, -0.2) is 14.8 Å². The Kier molecular flexibility index (Phi) is 2.95. The molecular formula is C11H9N3O3. The second kappa shape index (κ2) is 4.56. The van der Waals surface area contributed by atoms with Crippen LogP contribution >= 0.6 is 0 Å². The highest BCUT2D eigenvalue weighted by Crippen LogP contribution is 2.09. The SMILES string of the molecule is COC(=O)c1ncccc1C(=O)n1ccnc1. The van der Waals surface area contributed by atoms with Gasteiger partial charge in [-0.3, -0.25) is 9.36 Å². The van der Waals surface area contributed by atoms with Gasteiger partial charge in [0.05, 0.1) is 12.7 Å². The predicted octanol–water partition coefficient (Wildman–Crippen LogP) is 0.753. The number of ether oxygens (including phenoxy) is 1. The van der Waals surface area contributed by atoms with Crippen LogP contribution in [0, 0.1) is 0 Å². The summed E-state index contributed by atoms with van der Waals surface area (Å²) in [5, 5.41) is 0. The van der Waals surface area contributed by atoms with Crippen molar-refractivity contribution >= 4 is 11.9 Å². The molecule has 0 saturated carbocycles. The van der Waals surface area contributed by atoms with E-state index >= 15 is 0 Å². The molecular weight excluding hydrogens is 222 g/mol. The second-order valence-electron chi connectivity index (χ2n) is 3.17. The van der Waals surface area contributed by atoms with Crippen molar-refractivity contribution in [3.05, 3.63) is 48.3 Å². The van der Waals surface area contributed by atoms with Crippen LogP contribution in [-0.2, 0) is 4.74 Å². The second-order valence-corrected chi connectivity index (χ2v) is 3.17. The molecule has 0 atom stereocenters. The maximum absolute atomic E-state index is 12.0. The normalized spacial score (nSPS) is 9.94. The summed E-state index contributed by atoms with van der Waals surface area (Å²) in [4.78, 5) is 31.1. The van der Waals surface area contributed by atoms with Crippen LogP contribution in [-0.4, -0.2) is 33.5 Å². The summed E-state index contributed by atoms with van der Waals surface area (Å²) >= 11 is 0. The number of imidazole rings is 1. The highest BCUT2D eigenvalue weighted by atomic mass is 16.5. The highest BCUT2D eigenvalue weighted by Gasteiger charge is 2.19. The van der Waals surface area contributed by atoms with Crippen molar-refractivity contribution in [2.75, 3.05) is 7.11 Å². The minimum Gasteiger partial charge on any atom is -0.464 e. The average molecular weight is 231 g/mol. The van der Waals surface area contributed by atoms with E-state index in [4.69, 9.17) is 0 Å². The molecule has 2 aromatic heterocycles. The van der Waals surface area contributed by atoms with E-state index in [1.807, 2.05) is 0 Å². The molecule has 2 rings (SSSR count). The van der Waals surface area contributed by atoms with Gasteiger partial charge in [0.15, 0.2) is 5.69 Å². The number of esters is 1. The van der Waals surface area contributed by atoms with Gasteiger partial charge in [0, 0.05) is 18.6 Å². The number of carbonyl (C=O) groups excluding carboxylic acids is 2. The number of methoxy groups -OCH3 is 1. The van der Waals surface area contributed by atoms with E-state index in [1.54, 1.807) is 6.07 Å². The van der Waals surface area contributed by atoms with Crippen LogP contribution in [0.4, 0.5) is 0 Å². The largest absolute Gasteiger partial charge is 0.464 e. The van der Waals surface area contributed by atoms with E-state index in [9.17, 15) is 9.59 Å². The van der Waals surface area contributed by atoms with Crippen LogP contribution in [0.2, 0.25) is 0 Å². The molecule has 86 valence electrons. The zero-order chi connectivity index (χ0) is 12.3. The summed E-state index contributed by atoms with van der Waals surface area (Å²) in [7, 11) is 1.24. The first-order valence-corrected chi connectivity index (χ1v) is 4.80. The molecule has 2 heterocycles. The lowest BCUT2D eigenvalue weighted by Crippen LogP contribution is -2.17. The highest BCUT2D eigenvalue weighted by molar-refractivity contribution is 6.04. The Labute approximate surface area is 96.9 Å². The van der Waals surface area contributed by atoms with Crippen molar-refractivity contribution in [1.29, 1.82) is 0 Å². The minimum atomic E-state index is -0.644. The average Bonchev–Trinajstić information content (AvgIpc) is 2.91. The van der Waals surface area contributed by atoms with Crippen LogP contribution in [0.5, 0.6) is 0 Å². The molecule has 0 bridgehead atoms. The molecule has 0 aliphatic heterocycles. The third kappa shape index (κ3) is 2.05. The smallest absolute Gasteiger partial charge is 0.357 e. The summed E-state index contributed by atoms with van der Waals surface area (Å²) in [6.07, 6.45) is 5.76. The first-order chi connectivity index (χ1) is 8.24. The standard InChI is InChI=1S/C11H9N3O3/c1-17-11(16)9-8(3-2-4-13-9)10(15)14-6-5-12-7-14/h2-7H,1H3. The van der Waals surface area contributed by atoms with Gasteiger partial charge in [-0.15, -0.1) is 0 Å². The van der Waals surface area contributed by atoms with Crippen molar-refractivity contribution < 1.29 is 14.3 Å². The number of carbonyl (C=O) groups is 2. The Bertz CT molecular complexity index is 549. The van der Waals surface area contributed by atoms with E-state index < -0.39 is 5.97 Å². The molecule has 0 aromatic carbocycles. The Morgan fingerprint density at radius 2 is 2.18 bits per heavy atom. The first-order valence-electron chi connectivity index (χ1n) is 4.80. The molecule has 0 N–H and O–H groups in total. The van der Waals surface area contributed by atoms with Gasteiger partial charge in [-0.05, 0) is 12.1 Å². The zero-order valence-electron chi connectivity index (χ0n) is 9.03. The van der Waals surface area contributed by atoms with Crippen LogP contribution in [0.25, 0.3) is 0 Å². The molecule has 0 radical (unpaired) electrons. The summed E-state index contributed by atoms with van der Waals surface area (Å²) in [6.45, 7) is 0. The number of rotatable bonds is 2. The summed E-state index contributed by atoms with van der Waals surface area (Å²) in [5.41, 5.74) is 0.172. The lowest BCUT2D eigenvalue weighted by Gasteiger charge is -2.05. The number of hydrogen-bond acceptors (Lipinski definition) is 5. The first kappa shape index (κ1) is 11.0. The van der Waals surface area contributed by atoms with Crippen LogP contribution in [0.3, 0.4) is 0 Å². The van der Waals surface area contributed by atoms with Gasteiger partial charge in [0.25, 0.3) is 5.91 Å². The number of nitrogens with zero attached hydrogens (tertiary/aromatic N) is 3. The lowest BCUT2D eigenvalue weighted by atomic mass is 10.2. The molecule has 0 spiro atoms. The summed E-state index contributed by atoms with van der Waals surface area (Å²) in [6, 6.07) is 3.10. The molecule has 6 nitrogen and oxygen atoms in total. The lowest BCUT2D eigenvalue weighted by molar-refractivity contribution is 0.0589. The van der Waals surface area contributed by atoms with Crippen LogP contribution in [0.15, 0.2) is 37.1 Å². The molecule has 0 amide bonds. The number of hydrogen-bond donors (Lipinski definition) is 0. The van der Waals surface area contributed by atoms with Gasteiger partial charge >= 0.3 is 5.97 Å². The third-order valence-electron chi connectivity index (χ3n) is 2.16. The van der Waals surface area contributed by atoms with Crippen molar-refractivity contribution in [2.24, 2.45) is 0 Å². The van der Waals surface area contributed by atoms with Gasteiger partial charge < -0.3 is 4.74 Å². The monoisotopic (exact) mass is 231 g/mol. The molecule has 0 aliphatic rings. The van der Waals surface area contributed by atoms with Gasteiger partial charge in [0.1, 0.15) is 6.33 Å². The fraction of sp³-hybridized carbons (Fsp3) is 0.0909. The molecule has 2 aromatic rings. The van der Waals surface area contributed by atoms with Crippen molar-refractivity contribution in [2.45, 2.75) is 0 Å². The fourth-order valence-corrected chi connectivity index (χ4v) is 1.36. The quantitative estimate of drug-likeness (QED) is 0.713. The summed E-state index contributed by atoms with van der Waals surface area (Å²) < 4.78 is 5.83. The molecule has 17 heavy (non-hydrogen) atoms. The minimum absolute atomic E-state index is 0.00583. The topological polar surface area (TPSA) is 74.1 Å². The molecule has 0 fully saturated rings.